The van der Waals surface area contributed by atoms with Crippen molar-refractivity contribution in [2.75, 3.05) is 20.1 Å². The van der Waals surface area contributed by atoms with Crippen molar-refractivity contribution in [1.29, 1.82) is 0 Å². The molecular formula is C19H25N5O2S. The Bertz CT molecular complexity index is 772. The van der Waals surface area contributed by atoms with E-state index in [2.05, 4.69) is 39.7 Å². The van der Waals surface area contributed by atoms with Crippen LogP contribution in [0.3, 0.4) is 0 Å². The SMILES string of the molecule is CCc1nc(CNC(=NC)NCCN2C(=O)C3C4C=CC(C4)C3C2=O)cs1. The summed E-state index contributed by atoms with van der Waals surface area (Å²) in [7, 11) is 1.70. The number of carbonyl (C=O) groups excluding carboxylic acids is 2. The Morgan fingerprint density at radius 1 is 1.26 bits per heavy atom. The van der Waals surface area contributed by atoms with Gasteiger partial charge >= 0.3 is 0 Å². The molecule has 1 aromatic rings. The molecule has 4 atom stereocenters. The Kier molecular flexibility index (Phi) is 4.99. The number of aryl methyl sites for hydroxylation is 1. The Morgan fingerprint density at radius 2 is 1.96 bits per heavy atom. The summed E-state index contributed by atoms with van der Waals surface area (Å²) in [6.45, 7) is 3.54. The van der Waals surface area contributed by atoms with E-state index >= 15 is 0 Å². The number of hydrogen-bond donors (Lipinski definition) is 2. The van der Waals surface area contributed by atoms with E-state index in [9.17, 15) is 9.59 Å². The molecule has 2 heterocycles. The van der Waals surface area contributed by atoms with Gasteiger partial charge in [-0.1, -0.05) is 19.1 Å². The largest absolute Gasteiger partial charge is 0.355 e. The van der Waals surface area contributed by atoms with Crippen molar-refractivity contribution in [1.82, 2.24) is 20.5 Å². The molecule has 2 aliphatic carbocycles. The highest BCUT2D eigenvalue weighted by atomic mass is 32.1. The van der Waals surface area contributed by atoms with Crippen LogP contribution in [0.2, 0.25) is 0 Å². The van der Waals surface area contributed by atoms with Crippen molar-refractivity contribution < 1.29 is 9.59 Å². The summed E-state index contributed by atoms with van der Waals surface area (Å²) in [5.74, 6) is 0.916. The summed E-state index contributed by atoms with van der Waals surface area (Å²) in [4.78, 5) is 35.5. The van der Waals surface area contributed by atoms with E-state index in [1.54, 1.807) is 18.4 Å². The molecular weight excluding hydrogens is 362 g/mol. The van der Waals surface area contributed by atoms with E-state index in [0.717, 1.165) is 23.5 Å². The summed E-state index contributed by atoms with van der Waals surface area (Å²) in [5, 5.41) is 9.57. The normalized spacial score (nSPS) is 29.0. The third kappa shape index (κ3) is 3.26. The van der Waals surface area contributed by atoms with Gasteiger partial charge in [-0.15, -0.1) is 11.3 Å². The van der Waals surface area contributed by atoms with Crippen LogP contribution in [0.4, 0.5) is 0 Å². The molecule has 4 unspecified atom stereocenters. The molecule has 2 amide bonds. The Labute approximate surface area is 163 Å². The number of imide groups is 1. The van der Waals surface area contributed by atoms with E-state index in [0.29, 0.717) is 25.6 Å². The monoisotopic (exact) mass is 387 g/mol. The molecule has 2 fully saturated rings. The molecule has 144 valence electrons. The predicted molar refractivity (Wildman–Crippen MR) is 104 cm³/mol. The van der Waals surface area contributed by atoms with Crippen molar-refractivity contribution in [3.8, 4) is 0 Å². The molecule has 0 radical (unpaired) electrons. The number of allylic oxidation sites excluding steroid dienone is 2. The van der Waals surface area contributed by atoms with Gasteiger partial charge in [-0.2, -0.15) is 0 Å². The number of likely N-dealkylation sites (tertiary alicyclic amines) is 1. The second-order valence-corrected chi connectivity index (χ2v) is 8.21. The number of thiazole rings is 1. The first-order chi connectivity index (χ1) is 13.1. The van der Waals surface area contributed by atoms with Crippen molar-refractivity contribution in [2.24, 2.45) is 28.7 Å². The maximum Gasteiger partial charge on any atom is 0.233 e. The van der Waals surface area contributed by atoms with Gasteiger partial charge in [-0.25, -0.2) is 4.98 Å². The van der Waals surface area contributed by atoms with Crippen LogP contribution in [0.1, 0.15) is 24.0 Å². The second kappa shape index (κ2) is 7.42. The topological polar surface area (TPSA) is 86.7 Å². The van der Waals surface area contributed by atoms with Crippen LogP contribution in [0.5, 0.6) is 0 Å². The number of rotatable bonds is 6. The molecule has 3 aliphatic rings. The predicted octanol–water partition coefficient (Wildman–Crippen LogP) is 1.18. The van der Waals surface area contributed by atoms with E-state index in [1.807, 2.05) is 5.38 Å². The van der Waals surface area contributed by atoms with Crippen LogP contribution in [0, 0.1) is 23.7 Å². The van der Waals surface area contributed by atoms with Crippen LogP contribution in [0.25, 0.3) is 0 Å². The van der Waals surface area contributed by atoms with E-state index in [4.69, 9.17) is 0 Å². The number of nitrogens with one attached hydrogen (secondary N) is 2. The summed E-state index contributed by atoms with van der Waals surface area (Å²) >= 11 is 1.66. The summed E-state index contributed by atoms with van der Waals surface area (Å²) in [6.07, 6.45) is 6.14. The summed E-state index contributed by atoms with van der Waals surface area (Å²) in [5.41, 5.74) is 0.987. The lowest BCUT2D eigenvalue weighted by molar-refractivity contribution is -0.140. The highest BCUT2D eigenvalue weighted by molar-refractivity contribution is 7.09. The summed E-state index contributed by atoms with van der Waals surface area (Å²) < 4.78 is 0. The van der Waals surface area contributed by atoms with Crippen LogP contribution in [-0.4, -0.2) is 47.8 Å². The minimum Gasteiger partial charge on any atom is -0.355 e. The Hall–Kier alpha value is -2.22. The molecule has 2 bridgehead atoms. The maximum atomic E-state index is 12.7. The third-order valence-electron chi connectivity index (χ3n) is 5.75. The van der Waals surface area contributed by atoms with Gasteiger partial charge in [0.1, 0.15) is 0 Å². The van der Waals surface area contributed by atoms with Crippen LogP contribution >= 0.6 is 11.3 Å². The Balaban J connectivity index is 1.26. The number of aromatic nitrogens is 1. The fraction of sp³-hybridized carbons (Fsp3) is 0.579. The highest BCUT2D eigenvalue weighted by Gasteiger charge is 2.58. The van der Waals surface area contributed by atoms with Gasteiger partial charge < -0.3 is 10.6 Å². The van der Waals surface area contributed by atoms with Crippen LogP contribution in [0.15, 0.2) is 22.5 Å². The fourth-order valence-electron chi connectivity index (χ4n) is 4.46. The number of hydrogen-bond acceptors (Lipinski definition) is 5. The van der Waals surface area contributed by atoms with Crippen molar-refractivity contribution in [2.45, 2.75) is 26.3 Å². The summed E-state index contributed by atoms with van der Waals surface area (Å²) in [6, 6.07) is 0. The number of amides is 2. The highest BCUT2D eigenvalue weighted by Crippen LogP contribution is 2.52. The van der Waals surface area contributed by atoms with Gasteiger partial charge in [0.05, 0.1) is 29.1 Å². The van der Waals surface area contributed by atoms with Gasteiger partial charge in [0.15, 0.2) is 5.96 Å². The first-order valence-electron chi connectivity index (χ1n) is 9.53. The maximum absolute atomic E-state index is 12.7. The van der Waals surface area contributed by atoms with Gasteiger partial charge in [0, 0.05) is 25.5 Å². The lowest BCUT2D eigenvalue weighted by Crippen LogP contribution is -2.43. The molecule has 1 aromatic heterocycles. The molecule has 1 saturated heterocycles. The van der Waals surface area contributed by atoms with E-state index in [-0.39, 0.29) is 35.5 Å². The van der Waals surface area contributed by atoms with Crippen LogP contribution in [-0.2, 0) is 22.6 Å². The smallest absolute Gasteiger partial charge is 0.233 e. The number of guanidine groups is 1. The molecule has 4 rings (SSSR count). The zero-order valence-corrected chi connectivity index (χ0v) is 16.5. The lowest BCUT2D eigenvalue weighted by atomic mass is 9.85. The van der Waals surface area contributed by atoms with Gasteiger partial charge in [-0.05, 0) is 24.7 Å². The van der Waals surface area contributed by atoms with Gasteiger partial charge in [0.25, 0.3) is 0 Å². The molecule has 7 nitrogen and oxygen atoms in total. The number of carbonyl (C=O) groups is 2. The van der Waals surface area contributed by atoms with E-state index < -0.39 is 0 Å². The quantitative estimate of drug-likeness (QED) is 0.331. The molecule has 27 heavy (non-hydrogen) atoms. The zero-order valence-electron chi connectivity index (χ0n) is 15.6. The molecule has 1 saturated carbocycles. The lowest BCUT2D eigenvalue weighted by Gasteiger charge is -2.18. The number of aliphatic imine (C=N–C) groups is 1. The molecule has 1 aliphatic heterocycles. The average Bonchev–Trinajstić information content (AvgIpc) is 3.44. The van der Waals surface area contributed by atoms with Crippen molar-refractivity contribution in [3.05, 3.63) is 28.2 Å². The minimum absolute atomic E-state index is 0.00108. The first-order valence-corrected chi connectivity index (χ1v) is 10.4. The average molecular weight is 388 g/mol. The minimum atomic E-state index is -0.123. The molecule has 8 heteroatoms. The van der Waals surface area contributed by atoms with Gasteiger partial charge in [0.2, 0.25) is 11.8 Å². The fourth-order valence-corrected chi connectivity index (χ4v) is 5.20. The third-order valence-corrected chi connectivity index (χ3v) is 6.79. The molecule has 0 spiro atoms. The Morgan fingerprint density at radius 3 is 2.56 bits per heavy atom. The second-order valence-electron chi connectivity index (χ2n) is 7.27. The van der Waals surface area contributed by atoms with Crippen molar-refractivity contribution >= 4 is 29.1 Å². The molecule has 0 aromatic carbocycles. The number of fused-ring (bicyclic) bond motifs is 5. The molecule has 2 N–H and O–H groups in total. The number of nitrogens with zero attached hydrogens (tertiary/aromatic N) is 3. The first kappa shape index (κ1) is 18.2. The van der Waals surface area contributed by atoms with Crippen molar-refractivity contribution in [3.63, 3.8) is 0 Å². The zero-order chi connectivity index (χ0) is 19.0. The van der Waals surface area contributed by atoms with E-state index in [1.165, 1.54) is 4.90 Å². The standard InChI is InChI=1S/C19H25N5O2S/c1-3-14-23-13(10-27-14)9-22-19(20-2)21-6-7-24-17(25)15-11-4-5-12(8-11)16(15)18(24)26/h4-5,10-12,15-16H,3,6-9H2,1-2H3,(H2,20,21,22). The van der Waals surface area contributed by atoms with Crippen LogP contribution < -0.4 is 10.6 Å². The van der Waals surface area contributed by atoms with Gasteiger partial charge in [-0.3, -0.25) is 19.5 Å².